The molecule has 0 bridgehead atoms. The minimum Gasteiger partial charge on any atom is -0.450 e. The summed E-state index contributed by atoms with van der Waals surface area (Å²) in [5.41, 5.74) is 0.214. The zero-order valence-electron chi connectivity index (χ0n) is 20.7. The Hall–Kier alpha value is -2.75. The van der Waals surface area contributed by atoms with E-state index in [1.807, 2.05) is 30.3 Å². The molecule has 3 amide bonds. The van der Waals surface area contributed by atoms with Crippen LogP contribution in [0.15, 0.2) is 30.3 Å². The topological polar surface area (TPSA) is 106 Å². The first kappa shape index (κ1) is 28.3. The van der Waals surface area contributed by atoms with Gasteiger partial charge < -0.3 is 29.7 Å². The van der Waals surface area contributed by atoms with Gasteiger partial charge in [0.15, 0.2) is 0 Å². The maximum absolute atomic E-state index is 12.5. The molecular formula is C23H39N3O6Si. The number of carbonyl (C=O) groups is 3. The molecular weight excluding hydrogens is 442 g/mol. The molecule has 0 aliphatic carbocycles. The number of carbonyl (C=O) groups excluding carboxylic acids is 3. The highest BCUT2D eigenvalue weighted by Crippen LogP contribution is 2.10. The van der Waals surface area contributed by atoms with Crippen LogP contribution in [-0.2, 0) is 20.8 Å². The lowest BCUT2D eigenvalue weighted by atomic mass is 10.2. The highest BCUT2D eigenvalue weighted by Gasteiger charge is 2.22. The zero-order chi connectivity index (χ0) is 24.9. The molecule has 0 unspecified atom stereocenters. The van der Waals surface area contributed by atoms with Crippen molar-refractivity contribution in [3.63, 3.8) is 0 Å². The molecule has 0 aromatic heterocycles. The maximum Gasteiger partial charge on any atom is 0.410 e. The molecule has 186 valence electrons. The number of hydrogen-bond donors (Lipinski definition) is 2. The third-order valence-corrected chi connectivity index (χ3v) is 5.96. The molecule has 0 aliphatic heterocycles. The minimum absolute atomic E-state index is 0.159. The second kappa shape index (κ2) is 13.7. The highest BCUT2D eigenvalue weighted by atomic mass is 28.3. The molecule has 0 fully saturated rings. The summed E-state index contributed by atoms with van der Waals surface area (Å²) >= 11 is 0. The van der Waals surface area contributed by atoms with E-state index in [1.165, 1.54) is 4.90 Å². The fraction of sp³-hybridized carbons (Fsp3) is 0.609. The van der Waals surface area contributed by atoms with Gasteiger partial charge >= 0.3 is 18.3 Å². The van der Waals surface area contributed by atoms with E-state index in [0.29, 0.717) is 6.61 Å². The molecule has 1 rings (SSSR count). The Kier molecular flexibility index (Phi) is 11.8. The molecule has 1 aromatic rings. The monoisotopic (exact) mass is 481 g/mol. The largest absolute Gasteiger partial charge is 0.450 e. The zero-order valence-corrected chi connectivity index (χ0v) is 21.7. The van der Waals surface area contributed by atoms with Crippen LogP contribution in [0.25, 0.3) is 0 Å². The number of rotatable bonds is 11. The van der Waals surface area contributed by atoms with Crippen LogP contribution in [0.3, 0.4) is 0 Å². The summed E-state index contributed by atoms with van der Waals surface area (Å²) in [6.07, 6.45) is -1.62. The van der Waals surface area contributed by atoms with Gasteiger partial charge in [-0.25, -0.2) is 14.4 Å². The second-order valence-electron chi connectivity index (χ2n) is 9.83. The lowest BCUT2D eigenvalue weighted by Gasteiger charge is -2.27. The number of nitrogens with zero attached hydrogens (tertiary/aromatic N) is 1. The van der Waals surface area contributed by atoms with Gasteiger partial charge in [-0.1, -0.05) is 50.0 Å². The number of amides is 3. The summed E-state index contributed by atoms with van der Waals surface area (Å²) in [7, 11) is -1.28. The van der Waals surface area contributed by atoms with Crippen molar-refractivity contribution in [1.82, 2.24) is 15.5 Å². The first-order chi connectivity index (χ1) is 15.4. The first-order valence-electron chi connectivity index (χ1n) is 11.2. The van der Waals surface area contributed by atoms with Gasteiger partial charge in [-0.3, -0.25) is 0 Å². The smallest absolute Gasteiger partial charge is 0.410 e. The molecule has 0 radical (unpaired) electrons. The van der Waals surface area contributed by atoms with Crippen molar-refractivity contribution in [2.75, 3.05) is 32.8 Å². The number of nitrogens with one attached hydrogen (secondary N) is 2. The van der Waals surface area contributed by atoms with Crippen LogP contribution in [-0.4, -0.2) is 69.6 Å². The summed E-state index contributed by atoms with van der Waals surface area (Å²) in [6, 6.07) is 10.2. The van der Waals surface area contributed by atoms with Crippen molar-refractivity contribution < 1.29 is 28.6 Å². The third-order valence-electron chi connectivity index (χ3n) is 4.25. The Balaban J connectivity index is 2.44. The van der Waals surface area contributed by atoms with Gasteiger partial charge in [-0.15, -0.1) is 0 Å². The Labute approximate surface area is 198 Å². The van der Waals surface area contributed by atoms with E-state index in [2.05, 4.69) is 30.3 Å². The van der Waals surface area contributed by atoms with E-state index in [0.717, 1.165) is 11.6 Å². The van der Waals surface area contributed by atoms with Gasteiger partial charge in [0.25, 0.3) is 0 Å². The average molecular weight is 482 g/mol. The number of benzene rings is 1. The standard InChI is InChI=1S/C23H39N3O6Si/c1-23(2,3)32-22(29)26(14-12-24-20(27)30-16-17-33(4,5)6)15-13-25-21(28)31-18-19-10-8-7-9-11-19/h7-11H,12-18H2,1-6H3,(H,24,27)(H,25,28). The van der Waals surface area contributed by atoms with Gasteiger partial charge in [-0.2, -0.15) is 0 Å². The molecule has 0 aliphatic rings. The van der Waals surface area contributed by atoms with E-state index in [-0.39, 0.29) is 32.8 Å². The van der Waals surface area contributed by atoms with Gasteiger partial charge in [0.1, 0.15) is 12.2 Å². The van der Waals surface area contributed by atoms with Crippen molar-refractivity contribution in [3.05, 3.63) is 35.9 Å². The van der Waals surface area contributed by atoms with Gasteiger partial charge in [0, 0.05) is 34.3 Å². The third kappa shape index (κ3) is 14.8. The van der Waals surface area contributed by atoms with Gasteiger partial charge in [0.2, 0.25) is 0 Å². The summed E-state index contributed by atoms with van der Waals surface area (Å²) in [5.74, 6) is 0. The summed E-state index contributed by atoms with van der Waals surface area (Å²) < 4.78 is 15.8. The van der Waals surface area contributed by atoms with Crippen molar-refractivity contribution in [2.45, 2.75) is 58.7 Å². The molecule has 0 heterocycles. The van der Waals surface area contributed by atoms with Gasteiger partial charge in [0.05, 0.1) is 6.61 Å². The summed E-state index contributed by atoms with van der Waals surface area (Å²) in [6.45, 7) is 13.3. The number of ether oxygens (including phenoxy) is 3. The Morgan fingerprint density at radius 1 is 0.909 bits per heavy atom. The van der Waals surface area contributed by atoms with Crippen molar-refractivity contribution >= 4 is 26.4 Å². The van der Waals surface area contributed by atoms with Gasteiger partial charge in [-0.05, 0) is 32.4 Å². The van der Waals surface area contributed by atoms with Crippen LogP contribution < -0.4 is 10.6 Å². The van der Waals surface area contributed by atoms with E-state index in [4.69, 9.17) is 14.2 Å². The quantitative estimate of drug-likeness (QED) is 0.362. The molecule has 0 saturated carbocycles. The van der Waals surface area contributed by atoms with Crippen LogP contribution in [0.4, 0.5) is 14.4 Å². The highest BCUT2D eigenvalue weighted by molar-refractivity contribution is 6.76. The second-order valence-corrected chi connectivity index (χ2v) is 15.5. The fourth-order valence-corrected chi connectivity index (χ4v) is 3.20. The first-order valence-corrected chi connectivity index (χ1v) is 14.9. The molecule has 0 spiro atoms. The molecule has 0 atom stereocenters. The van der Waals surface area contributed by atoms with Crippen molar-refractivity contribution in [3.8, 4) is 0 Å². The number of hydrogen-bond acceptors (Lipinski definition) is 6. The SMILES string of the molecule is CC(C)(C)OC(=O)N(CCNC(=O)OCC[Si](C)(C)C)CCNC(=O)OCc1ccccc1. The molecule has 9 nitrogen and oxygen atoms in total. The Bertz CT molecular complexity index is 747. The predicted octanol–water partition coefficient (Wildman–Crippen LogP) is 4.21. The summed E-state index contributed by atoms with van der Waals surface area (Å²) in [5, 5.41) is 5.27. The van der Waals surface area contributed by atoms with Crippen molar-refractivity contribution in [2.24, 2.45) is 0 Å². The van der Waals surface area contributed by atoms with E-state index in [1.54, 1.807) is 20.8 Å². The summed E-state index contributed by atoms with van der Waals surface area (Å²) in [4.78, 5) is 37.8. The Morgan fingerprint density at radius 2 is 1.45 bits per heavy atom. The molecule has 33 heavy (non-hydrogen) atoms. The molecule has 10 heteroatoms. The van der Waals surface area contributed by atoms with Crippen LogP contribution >= 0.6 is 0 Å². The maximum atomic E-state index is 12.5. The van der Waals surface area contributed by atoms with Crippen LogP contribution in [0.5, 0.6) is 0 Å². The normalized spacial score (nSPS) is 11.3. The fourth-order valence-electron chi connectivity index (χ4n) is 2.48. The van der Waals surface area contributed by atoms with Crippen LogP contribution in [0.2, 0.25) is 25.7 Å². The van der Waals surface area contributed by atoms with Crippen LogP contribution in [0.1, 0.15) is 26.3 Å². The lowest BCUT2D eigenvalue weighted by molar-refractivity contribution is 0.0251. The van der Waals surface area contributed by atoms with E-state index < -0.39 is 32.0 Å². The number of alkyl carbamates (subject to hydrolysis) is 2. The average Bonchev–Trinajstić information content (AvgIpc) is 2.69. The van der Waals surface area contributed by atoms with E-state index >= 15 is 0 Å². The van der Waals surface area contributed by atoms with Crippen LogP contribution in [0, 0.1) is 0 Å². The molecule has 0 saturated heterocycles. The van der Waals surface area contributed by atoms with E-state index in [9.17, 15) is 14.4 Å². The Morgan fingerprint density at radius 3 is 1.97 bits per heavy atom. The minimum atomic E-state index is -1.28. The predicted molar refractivity (Wildman–Crippen MR) is 130 cm³/mol. The lowest BCUT2D eigenvalue weighted by Crippen LogP contribution is -2.45. The molecule has 1 aromatic carbocycles. The molecule has 2 N–H and O–H groups in total. The van der Waals surface area contributed by atoms with Crippen molar-refractivity contribution in [1.29, 1.82) is 0 Å².